The molecule has 0 atom stereocenters. The molecule has 0 saturated carbocycles. The van der Waals surface area contributed by atoms with Crippen molar-refractivity contribution in [3.8, 4) is 11.8 Å². The van der Waals surface area contributed by atoms with E-state index >= 15 is 0 Å². The summed E-state index contributed by atoms with van der Waals surface area (Å²) in [5, 5.41) is 0. The third-order valence-electron chi connectivity index (χ3n) is 3.02. The maximum absolute atomic E-state index is 5.09. The van der Waals surface area contributed by atoms with Gasteiger partial charge in [-0.1, -0.05) is 54.3 Å². The Morgan fingerprint density at radius 3 is 2.45 bits per heavy atom. The Bertz CT molecular complexity index is 642. The number of hydrogen-bond acceptors (Lipinski definition) is 1. The van der Waals surface area contributed by atoms with Gasteiger partial charge in [-0.05, 0) is 36.3 Å². The normalized spacial score (nSPS) is 10.8. The van der Waals surface area contributed by atoms with Crippen LogP contribution in [0.15, 0.2) is 60.7 Å². The monoisotopic (exact) mass is 262 g/mol. The SMILES string of the molecule is COC/C=C(\C)c1ccccc1C#Cc1ccccc1. The van der Waals surface area contributed by atoms with E-state index in [0.29, 0.717) is 6.61 Å². The van der Waals surface area contributed by atoms with Gasteiger partial charge in [0.25, 0.3) is 0 Å². The van der Waals surface area contributed by atoms with E-state index in [1.165, 1.54) is 5.57 Å². The molecule has 2 aromatic rings. The van der Waals surface area contributed by atoms with E-state index in [2.05, 4.69) is 37.0 Å². The lowest BCUT2D eigenvalue weighted by Crippen LogP contribution is -1.89. The first kappa shape index (κ1) is 14.1. The molecule has 0 saturated heterocycles. The Morgan fingerprint density at radius 1 is 1.00 bits per heavy atom. The maximum Gasteiger partial charge on any atom is 0.0649 e. The number of allylic oxidation sites excluding steroid dienone is 1. The van der Waals surface area contributed by atoms with E-state index in [9.17, 15) is 0 Å². The highest BCUT2D eigenvalue weighted by Gasteiger charge is 2.00. The van der Waals surface area contributed by atoms with Crippen molar-refractivity contribution >= 4 is 5.57 Å². The third-order valence-corrected chi connectivity index (χ3v) is 3.02. The minimum Gasteiger partial charge on any atom is -0.381 e. The van der Waals surface area contributed by atoms with E-state index < -0.39 is 0 Å². The van der Waals surface area contributed by atoms with Crippen molar-refractivity contribution in [3.05, 3.63) is 77.4 Å². The van der Waals surface area contributed by atoms with Crippen LogP contribution in [0.3, 0.4) is 0 Å². The van der Waals surface area contributed by atoms with Crippen molar-refractivity contribution in [1.82, 2.24) is 0 Å². The molecule has 1 nitrogen and oxygen atoms in total. The molecule has 0 fully saturated rings. The smallest absolute Gasteiger partial charge is 0.0649 e. The highest BCUT2D eigenvalue weighted by molar-refractivity contribution is 5.70. The Balaban J connectivity index is 2.32. The fraction of sp³-hybridized carbons (Fsp3) is 0.158. The van der Waals surface area contributed by atoms with Crippen LogP contribution >= 0.6 is 0 Å². The largest absolute Gasteiger partial charge is 0.381 e. The van der Waals surface area contributed by atoms with Gasteiger partial charge in [-0.2, -0.15) is 0 Å². The number of ether oxygens (including phenoxy) is 1. The van der Waals surface area contributed by atoms with Crippen LogP contribution in [0.2, 0.25) is 0 Å². The van der Waals surface area contributed by atoms with E-state index in [4.69, 9.17) is 4.74 Å². The van der Waals surface area contributed by atoms with Crippen molar-refractivity contribution in [2.24, 2.45) is 0 Å². The first-order chi connectivity index (χ1) is 9.81. The quantitative estimate of drug-likeness (QED) is 0.755. The molecule has 0 amide bonds. The number of hydrogen-bond donors (Lipinski definition) is 0. The van der Waals surface area contributed by atoms with Crippen LogP contribution in [0.4, 0.5) is 0 Å². The highest BCUT2D eigenvalue weighted by Crippen LogP contribution is 2.18. The van der Waals surface area contributed by atoms with Gasteiger partial charge < -0.3 is 4.74 Å². The second-order valence-electron chi connectivity index (χ2n) is 4.50. The van der Waals surface area contributed by atoms with Crippen LogP contribution in [0, 0.1) is 11.8 Å². The molecule has 0 heterocycles. The van der Waals surface area contributed by atoms with Gasteiger partial charge in [-0.3, -0.25) is 0 Å². The van der Waals surface area contributed by atoms with Crippen LogP contribution in [-0.2, 0) is 4.74 Å². The summed E-state index contributed by atoms with van der Waals surface area (Å²) >= 11 is 0. The standard InChI is InChI=1S/C19H18O/c1-16(14-15-20-2)19-11-7-6-10-18(19)13-12-17-8-4-3-5-9-17/h3-11,14H,15H2,1-2H3/b16-14+. The first-order valence-corrected chi connectivity index (χ1v) is 6.63. The van der Waals surface area contributed by atoms with Crippen molar-refractivity contribution < 1.29 is 4.74 Å². The molecule has 0 aliphatic carbocycles. The molecule has 0 aliphatic heterocycles. The molecular weight excluding hydrogens is 244 g/mol. The summed E-state index contributed by atoms with van der Waals surface area (Å²) in [6, 6.07) is 18.2. The minimum atomic E-state index is 0.617. The molecule has 2 aromatic carbocycles. The Hall–Kier alpha value is -2.30. The zero-order chi connectivity index (χ0) is 14.2. The molecule has 0 radical (unpaired) electrons. The molecule has 0 aromatic heterocycles. The average Bonchev–Trinajstić information content (AvgIpc) is 2.52. The fourth-order valence-electron chi connectivity index (χ4n) is 1.92. The van der Waals surface area contributed by atoms with Gasteiger partial charge in [0.1, 0.15) is 0 Å². The molecule has 100 valence electrons. The van der Waals surface area contributed by atoms with Gasteiger partial charge >= 0.3 is 0 Å². The van der Waals surface area contributed by atoms with Gasteiger partial charge in [0.15, 0.2) is 0 Å². The van der Waals surface area contributed by atoms with Crippen LogP contribution in [0.5, 0.6) is 0 Å². The highest BCUT2D eigenvalue weighted by atomic mass is 16.5. The average molecular weight is 262 g/mol. The summed E-state index contributed by atoms with van der Waals surface area (Å²) in [6.45, 7) is 2.70. The first-order valence-electron chi connectivity index (χ1n) is 6.63. The molecule has 0 spiro atoms. The van der Waals surface area contributed by atoms with E-state index in [-0.39, 0.29) is 0 Å². The van der Waals surface area contributed by atoms with E-state index in [1.54, 1.807) is 7.11 Å². The van der Waals surface area contributed by atoms with Gasteiger partial charge in [-0.25, -0.2) is 0 Å². The topological polar surface area (TPSA) is 9.23 Å². The van der Waals surface area contributed by atoms with E-state index in [0.717, 1.165) is 16.7 Å². The molecule has 1 heteroatoms. The molecule has 0 aliphatic rings. The van der Waals surface area contributed by atoms with Crippen molar-refractivity contribution in [2.45, 2.75) is 6.92 Å². The summed E-state index contributed by atoms with van der Waals surface area (Å²) < 4.78 is 5.09. The minimum absolute atomic E-state index is 0.617. The van der Waals surface area contributed by atoms with Gasteiger partial charge in [0.2, 0.25) is 0 Å². The summed E-state index contributed by atoms with van der Waals surface area (Å²) in [7, 11) is 1.70. The van der Waals surface area contributed by atoms with Crippen LogP contribution in [0.1, 0.15) is 23.6 Å². The molecule has 0 N–H and O–H groups in total. The summed E-state index contributed by atoms with van der Waals surface area (Å²) in [6.07, 6.45) is 2.07. The van der Waals surface area contributed by atoms with Crippen LogP contribution in [-0.4, -0.2) is 13.7 Å². The van der Waals surface area contributed by atoms with Gasteiger partial charge in [0, 0.05) is 18.2 Å². The van der Waals surface area contributed by atoms with Crippen LogP contribution < -0.4 is 0 Å². The Morgan fingerprint density at radius 2 is 1.70 bits per heavy atom. The zero-order valence-corrected chi connectivity index (χ0v) is 11.9. The lowest BCUT2D eigenvalue weighted by Gasteiger charge is -2.04. The third kappa shape index (κ3) is 3.85. The molecular formula is C19H18O. The van der Waals surface area contributed by atoms with Crippen LogP contribution in [0.25, 0.3) is 5.57 Å². The van der Waals surface area contributed by atoms with Gasteiger partial charge in [-0.15, -0.1) is 0 Å². The molecule has 2 rings (SSSR count). The lowest BCUT2D eigenvalue weighted by molar-refractivity contribution is 0.234. The predicted octanol–water partition coefficient (Wildman–Crippen LogP) is 4.14. The lowest BCUT2D eigenvalue weighted by atomic mass is 10.0. The van der Waals surface area contributed by atoms with E-state index in [1.807, 2.05) is 42.5 Å². The molecule has 0 unspecified atom stereocenters. The maximum atomic E-state index is 5.09. The second kappa shape index (κ2) is 7.33. The zero-order valence-electron chi connectivity index (χ0n) is 11.9. The summed E-state index contributed by atoms with van der Waals surface area (Å²) in [4.78, 5) is 0. The molecule has 0 bridgehead atoms. The van der Waals surface area contributed by atoms with Crippen molar-refractivity contribution in [3.63, 3.8) is 0 Å². The van der Waals surface area contributed by atoms with Gasteiger partial charge in [0.05, 0.1) is 6.61 Å². The summed E-state index contributed by atoms with van der Waals surface area (Å²) in [5.74, 6) is 6.46. The van der Waals surface area contributed by atoms with Crippen molar-refractivity contribution in [2.75, 3.05) is 13.7 Å². The number of rotatable bonds is 3. The Kier molecular flexibility index (Phi) is 5.17. The Labute approximate surface area is 120 Å². The number of methoxy groups -OCH3 is 1. The van der Waals surface area contributed by atoms with Crippen molar-refractivity contribution in [1.29, 1.82) is 0 Å². The predicted molar refractivity (Wildman–Crippen MR) is 84.4 cm³/mol. The number of benzene rings is 2. The fourth-order valence-corrected chi connectivity index (χ4v) is 1.92. The second-order valence-corrected chi connectivity index (χ2v) is 4.50. The molecule has 20 heavy (non-hydrogen) atoms. The summed E-state index contributed by atoms with van der Waals surface area (Å²) in [5.41, 5.74) is 4.42.